The van der Waals surface area contributed by atoms with Gasteiger partial charge in [-0.25, -0.2) is 4.79 Å². The third-order valence-electron chi connectivity index (χ3n) is 4.49. The Bertz CT molecular complexity index is 876. The molecule has 23 heavy (non-hydrogen) atoms. The van der Waals surface area contributed by atoms with Crippen molar-refractivity contribution in [3.8, 4) is 0 Å². The predicted octanol–water partition coefficient (Wildman–Crippen LogP) is -1.14. The Morgan fingerprint density at radius 1 is 1.30 bits per heavy atom. The Morgan fingerprint density at radius 3 is 2.74 bits per heavy atom. The quantitative estimate of drug-likeness (QED) is 0.759. The van der Waals surface area contributed by atoms with Gasteiger partial charge in [-0.3, -0.25) is 18.7 Å². The minimum absolute atomic E-state index is 0.00961. The highest BCUT2D eigenvalue weighted by molar-refractivity contribution is 5.81. The van der Waals surface area contributed by atoms with E-state index in [9.17, 15) is 14.4 Å². The molecule has 0 radical (unpaired) electrons. The van der Waals surface area contributed by atoms with Crippen molar-refractivity contribution < 1.29 is 4.79 Å². The summed E-state index contributed by atoms with van der Waals surface area (Å²) in [4.78, 5) is 38.7. The molecule has 1 saturated heterocycles. The smallest absolute Gasteiger partial charge is 0.332 e. The molecule has 0 spiro atoms. The summed E-state index contributed by atoms with van der Waals surface area (Å²) in [5.74, 6) is -0.00961. The first-order chi connectivity index (χ1) is 10.9. The first-order valence-corrected chi connectivity index (χ1v) is 7.67. The van der Waals surface area contributed by atoms with E-state index in [2.05, 4.69) is 5.32 Å². The minimum atomic E-state index is -0.398. The standard InChI is InChI=1S/C15H21N5O3/c1-10-8-16-5-7-20(10)12(21)9-19-6-4-11-13(19)17(2)15(23)18(3)14(11)22/h4,6,10,16H,5,7-9H2,1-3H3/t10-/m1/s1. The Kier molecular flexibility index (Phi) is 3.85. The molecule has 0 saturated carbocycles. The molecule has 0 unspecified atom stereocenters. The number of carbonyl (C=O) groups excluding carboxylic acids is 1. The number of nitrogens with zero attached hydrogens (tertiary/aromatic N) is 4. The minimum Gasteiger partial charge on any atom is -0.336 e. The average Bonchev–Trinajstić information content (AvgIpc) is 2.95. The van der Waals surface area contributed by atoms with Crippen LogP contribution in [0, 0.1) is 0 Å². The van der Waals surface area contributed by atoms with Gasteiger partial charge in [0.2, 0.25) is 5.91 Å². The second kappa shape index (κ2) is 5.69. The van der Waals surface area contributed by atoms with Gasteiger partial charge < -0.3 is 14.8 Å². The normalized spacial score (nSPS) is 18.6. The van der Waals surface area contributed by atoms with Gasteiger partial charge in [-0.05, 0) is 13.0 Å². The lowest BCUT2D eigenvalue weighted by Gasteiger charge is -2.34. The summed E-state index contributed by atoms with van der Waals surface area (Å²) < 4.78 is 4.16. The van der Waals surface area contributed by atoms with Gasteiger partial charge in [0, 0.05) is 46.0 Å². The Labute approximate surface area is 132 Å². The van der Waals surface area contributed by atoms with Crippen molar-refractivity contribution in [3.05, 3.63) is 33.1 Å². The van der Waals surface area contributed by atoms with Crippen LogP contribution in [0.25, 0.3) is 11.0 Å². The van der Waals surface area contributed by atoms with Crippen molar-refractivity contribution in [1.29, 1.82) is 0 Å². The van der Waals surface area contributed by atoms with Gasteiger partial charge in [-0.1, -0.05) is 0 Å². The van der Waals surface area contributed by atoms with E-state index in [1.54, 1.807) is 23.9 Å². The number of hydrogen-bond acceptors (Lipinski definition) is 4. The lowest BCUT2D eigenvalue weighted by Crippen LogP contribution is -2.53. The lowest BCUT2D eigenvalue weighted by atomic mass is 10.2. The molecule has 1 fully saturated rings. The van der Waals surface area contributed by atoms with Crippen LogP contribution < -0.4 is 16.6 Å². The Hall–Kier alpha value is -2.35. The largest absolute Gasteiger partial charge is 0.336 e. The molecule has 1 amide bonds. The highest BCUT2D eigenvalue weighted by atomic mass is 16.2. The lowest BCUT2D eigenvalue weighted by molar-refractivity contribution is -0.134. The molecular weight excluding hydrogens is 298 g/mol. The molecule has 2 aromatic rings. The third-order valence-corrected chi connectivity index (χ3v) is 4.49. The van der Waals surface area contributed by atoms with Crippen LogP contribution in [0.4, 0.5) is 0 Å². The van der Waals surface area contributed by atoms with E-state index in [1.807, 2.05) is 11.8 Å². The zero-order valence-electron chi connectivity index (χ0n) is 13.6. The second-order valence-corrected chi connectivity index (χ2v) is 6.03. The molecule has 0 bridgehead atoms. The van der Waals surface area contributed by atoms with Gasteiger partial charge >= 0.3 is 5.69 Å². The monoisotopic (exact) mass is 319 g/mol. The molecule has 1 N–H and O–H groups in total. The number of hydrogen-bond donors (Lipinski definition) is 1. The van der Waals surface area contributed by atoms with Gasteiger partial charge in [0.25, 0.3) is 5.56 Å². The van der Waals surface area contributed by atoms with Crippen molar-refractivity contribution >= 4 is 16.9 Å². The first-order valence-electron chi connectivity index (χ1n) is 7.67. The molecule has 1 atom stereocenters. The maximum Gasteiger partial charge on any atom is 0.332 e. The maximum absolute atomic E-state index is 12.6. The van der Waals surface area contributed by atoms with Crippen molar-refractivity contribution in [3.63, 3.8) is 0 Å². The molecule has 1 aliphatic rings. The SMILES string of the molecule is C[C@@H]1CNCCN1C(=O)Cn1ccc2c(=O)n(C)c(=O)n(C)c21. The molecule has 124 valence electrons. The first kappa shape index (κ1) is 15.5. The highest BCUT2D eigenvalue weighted by Gasteiger charge is 2.24. The van der Waals surface area contributed by atoms with E-state index < -0.39 is 5.69 Å². The molecule has 8 nitrogen and oxygen atoms in total. The zero-order chi connectivity index (χ0) is 16.7. The van der Waals surface area contributed by atoms with Crippen LogP contribution in [0.5, 0.6) is 0 Å². The summed E-state index contributed by atoms with van der Waals surface area (Å²) in [6.45, 7) is 4.34. The summed E-state index contributed by atoms with van der Waals surface area (Å²) in [6.07, 6.45) is 1.69. The van der Waals surface area contributed by atoms with E-state index in [0.29, 0.717) is 17.6 Å². The second-order valence-electron chi connectivity index (χ2n) is 6.03. The number of aromatic nitrogens is 3. The number of aryl methyl sites for hydroxylation is 1. The van der Waals surface area contributed by atoms with E-state index in [-0.39, 0.29) is 24.1 Å². The van der Waals surface area contributed by atoms with Crippen molar-refractivity contribution in [1.82, 2.24) is 23.9 Å². The van der Waals surface area contributed by atoms with E-state index in [0.717, 1.165) is 17.7 Å². The average molecular weight is 319 g/mol. The molecular formula is C15H21N5O3. The fourth-order valence-electron chi connectivity index (χ4n) is 3.16. The van der Waals surface area contributed by atoms with Crippen LogP contribution in [0.2, 0.25) is 0 Å². The van der Waals surface area contributed by atoms with Gasteiger partial charge in [0.1, 0.15) is 12.2 Å². The van der Waals surface area contributed by atoms with Crippen LogP contribution in [0.3, 0.4) is 0 Å². The molecule has 3 heterocycles. The summed E-state index contributed by atoms with van der Waals surface area (Å²) in [6, 6.07) is 1.79. The van der Waals surface area contributed by atoms with Gasteiger partial charge in [-0.15, -0.1) is 0 Å². The number of amides is 1. The van der Waals surface area contributed by atoms with Crippen molar-refractivity contribution in [2.24, 2.45) is 14.1 Å². The highest BCUT2D eigenvalue weighted by Crippen LogP contribution is 2.11. The molecule has 8 heteroatoms. The molecule has 3 rings (SSSR count). The van der Waals surface area contributed by atoms with Gasteiger partial charge in [0.15, 0.2) is 0 Å². The molecule has 0 aromatic carbocycles. The van der Waals surface area contributed by atoms with Crippen LogP contribution in [0.15, 0.2) is 21.9 Å². The molecule has 1 aliphatic heterocycles. The van der Waals surface area contributed by atoms with E-state index >= 15 is 0 Å². The third kappa shape index (κ3) is 2.48. The van der Waals surface area contributed by atoms with Crippen LogP contribution in [0.1, 0.15) is 6.92 Å². The van der Waals surface area contributed by atoms with Gasteiger partial charge in [0.05, 0.1) is 5.39 Å². The number of rotatable bonds is 2. The van der Waals surface area contributed by atoms with E-state index in [1.165, 1.54) is 11.6 Å². The zero-order valence-corrected chi connectivity index (χ0v) is 13.6. The fourth-order valence-corrected chi connectivity index (χ4v) is 3.16. The van der Waals surface area contributed by atoms with E-state index in [4.69, 9.17) is 0 Å². The predicted molar refractivity (Wildman–Crippen MR) is 86.5 cm³/mol. The summed E-state index contributed by atoms with van der Waals surface area (Å²) >= 11 is 0. The Morgan fingerprint density at radius 2 is 2.04 bits per heavy atom. The topological polar surface area (TPSA) is 81.3 Å². The summed E-state index contributed by atoms with van der Waals surface area (Å²) in [5.41, 5.74) is -0.260. The number of carbonyl (C=O) groups is 1. The Balaban J connectivity index is 2.00. The van der Waals surface area contributed by atoms with Crippen LogP contribution in [-0.4, -0.2) is 50.2 Å². The summed E-state index contributed by atoms with van der Waals surface area (Å²) in [5, 5.41) is 3.69. The van der Waals surface area contributed by atoms with Gasteiger partial charge in [-0.2, -0.15) is 0 Å². The number of fused-ring (bicyclic) bond motifs is 1. The van der Waals surface area contributed by atoms with Crippen LogP contribution >= 0.6 is 0 Å². The molecule has 2 aromatic heterocycles. The van der Waals surface area contributed by atoms with Crippen molar-refractivity contribution in [2.75, 3.05) is 19.6 Å². The van der Waals surface area contributed by atoms with Crippen LogP contribution in [-0.2, 0) is 25.4 Å². The summed E-state index contributed by atoms with van der Waals surface area (Å²) in [7, 11) is 3.06. The van der Waals surface area contributed by atoms with Crippen molar-refractivity contribution in [2.45, 2.75) is 19.5 Å². The number of nitrogens with one attached hydrogen (secondary N) is 1. The molecule has 0 aliphatic carbocycles. The fraction of sp³-hybridized carbons (Fsp3) is 0.533. The number of piperazine rings is 1. The maximum atomic E-state index is 12.6.